The molecule has 0 saturated carbocycles. The van der Waals surface area contributed by atoms with Gasteiger partial charge in [0.05, 0.1) is 0 Å². The van der Waals surface area contributed by atoms with Crippen molar-refractivity contribution < 1.29 is 33.1 Å². The zero-order valence-electron chi connectivity index (χ0n) is 20.7. The fourth-order valence-corrected chi connectivity index (χ4v) is 5.93. The first-order valence-electron chi connectivity index (χ1n) is 11.6. The number of amides is 1. The number of halogens is 1. The fourth-order valence-electron chi connectivity index (χ4n) is 3.45. The van der Waals surface area contributed by atoms with Gasteiger partial charge in [0.1, 0.15) is 0 Å². The second kappa shape index (κ2) is 13.3. The number of nitrogens with zero attached hydrogens (tertiary/aromatic N) is 3. The number of ether oxygens (including phenoxy) is 2. The number of unbranched alkanes of at least 4 members (excludes halogenated alkanes) is 1. The summed E-state index contributed by atoms with van der Waals surface area (Å²) in [5.41, 5.74) is 1.13. The van der Waals surface area contributed by atoms with Gasteiger partial charge in [-0.25, -0.2) is 4.57 Å². The molecular formula is C25H24AsClN4O7P. The third-order valence-electron chi connectivity index (χ3n) is 5.27. The Balaban J connectivity index is 1.41. The number of phosphoric ester groups is 1. The van der Waals surface area contributed by atoms with Gasteiger partial charge >= 0.3 is 222 Å². The van der Waals surface area contributed by atoms with Crippen LogP contribution in [0.1, 0.15) is 23.2 Å². The molecule has 0 aliphatic rings. The Morgan fingerprint density at radius 1 is 1.05 bits per heavy atom. The smallest absolute Gasteiger partial charge is 0.303 e. The van der Waals surface area contributed by atoms with E-state index in [1.54, 1.807) is 49.7 Å². The molecule has 2 aromatic heterocycles. The molecule has 0 fully saturated rings. The van der Waals surface area contributed by atoms with Crippen molar-refractivity contribution in [2.75, 3.05) is 25.6 Å². The molecule has 2 aromatic carbocycles. The van der Waals surface area contributed by atoms with Crippen LogP contribution < -0.4 is 23.6 Å². The van der Waals surface area contributed by atoms with Crippen LogP contribution in [0.4, 0.5) is 5.82 Å². The summed E-state index contributed by atoms with van der Waals surface area (Å²) in [7, 11) is -2.92. The van der Waals surface area contributed by atoms with E-state index in [0.29, 0.717) is 52.9 Å². The number of methoxy groups -OCH3 is 1. The second-order valence-electron chi connectivity index (χ2n) is 8.07. The van der Waals surface area contributed by atoms with Gasteiger partial charge < -0.3 is 9.79 Å². The number of rotatable bonds is 12. The predicted molar refractivity (Wildman–Crippen MR) is 147 cm³/mol. The molecule has 14 heteroatoms. The third-order valence-corrected chi connectivity index (χ3v) is 8.31. The Bertz CT molecular complexity index is 1500. The van der Waals surface area contributed by atoms with Crippen LogP contribution >= 0.6 is 19.4 Å². The van der Waals surface area contributed by atoms with E-state index in [1.807, 2.05) is 12.1 Å². The maximum atomic E-state index is 12.4. The number of hydrogen-bond acceptors (Lipinski definition) is 8. The van der Waals surface area contributed by atoms with Crippen molar-refractivity contribution in [3.63, 3.8) is 0 Å². The Morgan fingerprint density at radius 3 is 2.59 bits per heavy atom. The first-order chi connectivity index (χ1) is 18.7. The minimum atomic E-state index is -4.46. The molecule has 0 spiro atoms. The third kappa shape index (κ3) is 8.47. The maximum absolute atomic E-state index is 12.4. The number of pyridine rings is 1. The molecule has 0 unspecified atom stereocenters. The molecule has 0 bridgehead atoms. The van der Waals surface area contributed by atoms with E-state index in [2.05, 4.69) is 24.8 Å². The van der Waals surface area contributed by atoms with Crippen LogP contribution in [0.2, 0.25) is 5.02 Å². The molecule has 1 amide bonds. The number of carbonyl (C=O) groups is 1. The first-order valence-corrected chi connectivity index (χ1v) is 15.4. The number of benzene rings is 2. The number of carbonyl (C=O) groups excluding carboxylic acids is 1. The van der Waals surface area contributed by atoms with Gasteiger partial charge in [0.2, 0.25) is 0 Å². The summed E-state index contributed by atoms with van der Waals surface area (Å²) in [6.07, 6.45) is 4.17. The summed E-state index contributed by atoms with van der Waals surface area (Å²) in [4.78, 5) is 43.2. The molecule has 0 aliphatic heterocycles. The van der Waals surface area contributed by atoms with Crippen molar-refractivity contribution in [3.05, 3.63) is 71.6 Å². The van der Waals surface area contributed by atoms with Gasteiger partial charge in [0.15, 0.2) is 0 Å². The monoisotopic (exact) mass is 633 g/mol. The van der Waals surface area contributed by atoms with Crippen molar-refractivity contribution in [2.45, 2.75) is 12.8 Å². The van der Waals surface area contributed by atoms with Crippen LogP contribution in [-0.2, 0) is 9.09 Å². The Hall–Kier alpha value is -3.04. The standard InChI is InChI=1S/C25H24AsClN4O7P/c1-36-21-12-19-20(13-22(21)37-9-2-3-10-38-39(33,34)35)29-15-30-24(19)26-17-7-8-23(28-14-17)31-25(32)16-5-4-6-18(27)11-16/h4-8,11-15H,2-3,9-10H2,1H3,(H,28,31,32)(H2,33,34,35). The molecular weight excluding hydrogens is 610 g/mol. The van der Waals surface area contributed by atoms with Gasteiger partial charge in [0, 0.05) is 0 Å². The fraction of sp³-hybridized carbons (Fsp3) is 0.200. The van der Waals surface area contributed by atoms with Crippen LogP contribution in [0, 0.1) is 0 Å². The number of nitrogens with one attached hydrogen (secondary N) is 1. The molecule has 11 nitrogen and oxygen atoms in total. The van der Waals surface area contributed by atoms with Crippen molar-refractivity contribution in [1.29, 1.82) is 0 Å². The Kier molecular flexibility index (Phi) is 9.91. The molecule has 2 heterocycles. The van der Waals surface area contributed by atoms with Gasteiger partial charge in [-0.15, -0.1) is 0 Å². The zero-order chi connectivity index (χ0) is 27.8. The van der Waals surface area contributed by atoms with E-state index in [1.165, 1.54) is 6.33 Å². The molecule has 0 atom stereocenters. The topological polar surface area (TPSA) is 153 Å². The van der Waals surface area contributed by atoms with Gasteiger partial charge in [-0.3, -0.25) is 0 Å². The van der Waals surface area contributed by atoms with Gasteiger partial charge in [0.25, 0.3) is 0 Å². The van der Waals surface area contributed by atoms with E-state index in [-0.39, 0.29) is 12.5 Å². The minimum absolute atomic E-state index is 0.0632. The Labute approximate surface area is 235 Å². The summed E-state index contributed by atoms with van der Waals surface area (Å²) in [5.74, 6) is 1.15. The zero-order valence-corrected chi connectivity index (χ0v) is 24.2. The SMILES string of the molecule is COc1cc2c([As]c3ccc(NC(=O)c4cccc(Cl)c4)nc3)ncnc2cc1OCCCCOP(=O)(O)O. The predicted octanol–water partition coefficient (Wildman–Crippen LogP) is 2.86. The van der Waals surface area contributed by atoms with E-state index in [4.69, 9.17) is 30.9 Å². The Morgan fingerprint density at radius 2 is 1.87 bits per heavy atom. The molecule has 203 valence electrons. The van der Waals surface area contributed by atoms with E-state index in [0.717, 1.165) is 14.2 Å². The summed E-state index contributed by atoms with van der Waals surface area (Å²) in [5, 5.41) is 4.07. The summed E-state index contributed by atoms with van der Waals surface area (Å²) in [6, 6.07) is 13.9. The number of fused-ring (bicyclic) bond motifs is 1. The number of hydrogen-bond donors (Lipinski definition) is 3. The van der Waals surface area contributed by atoms with Crippen LogP contribution in [0.15, 0.2) is 61.1 Å². The van der Waals surface area contributed by atoms with Crippen LogP contribution in [0.5, 0.6) is 11.5 Å². The molecule has 0 saturated heterocycles. The summed E-state index contributed by atoms with van der Waals surface area (Å²) in [6.45, 7) is 0.244. The molecule has 39 heavy (non-hydrogen) atoms. The number of aromatic nitrogens is 3. The van der Waals surface area contributed by atoms with Crippen molar-refractivity contribution in [1.82, 2.24) is 15.0 Å². The van der Waals surface area contributed by atoms with Crippen molar-refractivity contribution in [3.8, 4) is 11.5 Å². The second-order valence-corrected chi connectivity index (χ2v) is 12.2. The van der Waals surface area contributed by atoms with Crippen LogP contribution in [0.3, 0.4) is 0 Å². The first kappa shape index (κ1) is 29.0. The molecule has 3 N–H and O–H groups in total. The van der Waals surface area contributed by atoms with E-state index >= 15 is 0 Å². The van der Waals surface area contributed by atoms with Crippen molar-refractivity contribution in [2.24, 2.45) is 0 Å². The van der Waals surface area contributed by atoms with Crippen molar-refractivity contribution >= 4 is 66.6 Å². The number of anilines is 1. The van der Waals surface area contributed by atoms with Crippen LogP contribution in [0.25, 0.3) is 10.9 Å². The molecule has 1 radical (unpaired) electrons. The molecule has 4 aromatic rings. The van der Waals surface area contributed by atoms with Gasteiger partial charge in [-0.1, -0.05) is 0 Å². The summed E-state index contributed by atoms with van der Waals surface area (Å²) < 4.78 is 28.4. The van der Waals surface area contributed by atoms with Gasteiger partial charge in [-0.2, -0.15) is 0 Å². The van der Waals surface area contributed by atoms with Gasteiger partial charge in [-0.05, 0) is 0 Å². The molecule has 4 rings (SSSR count). The normalized spacial score (nSPS) is 11.7. The molecule has 0 aliphatic carbocycles. The average molecular weight is 634 g/mol. The summed E-state index contributed by atoms with van der Waals surface area (Å²) >= 11 is 5.41. The van der Waals surface area contributed by atoms with E-state index in [9.17, 15) is 9.36 Å². The number of phosphoric acid groups is 1. The quantitative estimate of drug-likeness (QED) is 0.121. The van der Waals surface area contributed by atoms with E-state index < -0.39 is 23.6 Å². The minimum Gasteiger partial charge on any atom is -0.303 e. The average Bonchev–Trinajstić information content (AvgIpc) is 2.91. The van der Waals surface area contributed by atoms with Crippen LogP contribution in [-0.4, -0.2) is 66.7 Å².